The number of nitrogens with zero attached hydrogens (tertiary/aromatic N) is 1. The van der Waals surface area contributed by atoms with Crippen molar-refractivity contribution in [3.05, 3.63) is 76.6 Å². The lowest BCUT2D eigenvalue weighted by Crippen LogP contribution is -2.26. The van der Waals surface area contributed by atoms with Gasteiger partial charge in [0.25, 0.3) is 5.91 Å². The Labute approximate surface area is 214 Å². The first-order chi connectivity index (χ1) is 17.2. The van der Waals surface area contributed by atoms with Crippen LogP contribution in [0.25, 0.3) is 11.1 Å². The second-order valence-corrected chi connectivity index (χ2v) is 10.8. The van der Waals surface area contributed by atoms with Crippen LogP contribution in [0.3, 0.4) is 0 Å². The Hall–Kier alpha value is -3.14. The molecule has 0 aliphatic carbocycles. The molecule has 0 radical (unpaired) electrons. The smallest absolute Gasteiger partial charge is 0.256 e. The molecule has 3 aromatic carbocycles. The third kappa shape index (κ3) is 5.80. The van der Waals surface area contributed by atoms with E-state index in [1.54, 1.807) is 25.3 Å². The average molecular weight is 533 g/mol. The molecule has 36 heavy (non-hydrogen) atoms. The van der Waals surface area contributed by atoms with Gasteiger partial charge in [0.1, 0.15) is 18.2 Å². The molecule has 0 aromatic heterocycles. The second kappa shape index (κ2) is 10.9. The number of carbonyl (C=O) groups is 1. The van der Waals surface area contributed by atoms with Gasteiger partial charge in [-0.1, -0.05) is 23.7 Å². The van der Waals surface area contributed by atoms with Gasteiger partial charge in [0.2, 0.25) is 10.0 Å². The third-order valence-electron chi connectivity index (χ3n) is 5.86. The summed E-state index contributed by atoms with van der Waals surface area (Å²) in [6.07, 6.45) is 0.449. The molecule has 0 bridgehead atoms. The molecular weight excluding hydrogens is 507 g/mol. The summed E-state index contributed by atoms with van der Waals surface area (Å²) < 4.78 is 51.0. The van der Waals surface area contributed by atoms with Crippen molar-refractivity contribution >= 4 is 38.9 Å². The summed E-state index contributed by atoms with van der Waals surface area (Å²) >= 11 is 6.32. The summed E-state index contributed by atoms with van der Waals surface area (Å²) in [4.78, 5) is 13.1. The summed E-state index contributed by atoms with van der Waals surface area (Å²) in [6, 6.07) is 15.1. The largest absolute Gasteiger partial charge is 0.491 e. The standard InChI is InChI=1S/C26H26ClFN2O5S/c1-17-24(15-22(16-25(17)28)30-8-3-11-36(30,32)33)26(31)29-21-13-19(12-20(27)14-21)18-4-6-23(7-5-18)35-10-9-34-2/h4-7,12-16H,3,8-11H2,1-2H3,(H,29,31). The lowest BCUT2D eigenvalue weighted by atomic mass is 10.0. The molecule has 1 aliphatic heterocycles. The molecule has 4 rings (SSSR count). The van der Waals surface area contributed by atoms with Gasteiger partial charge in [0.05, 0.1) is 18.0 Å². The molecule has 1 saturated heterocycles. The van der Waals surface area contributed by atoms with Gasteiger partial charge >= 0.3 is 0 Å². The first-order valence-corrected chi connectivity index (χ1v) is 13.3. The van der Waals surface area contributed by atoms with E-state index in [9.17, 15) is 17.6 Å². The van der Waals surface area contributed by atoms with Crippen molar-refractivity contribution in [3.8, 4) is 16.9 Å². The van der Waals surface area contributed by atoms with Crippen molar-refractivity contribution in [1.82, 2.24) is 0 Å². The van der Waals surface area contributed by atoms with Crippen molar-refractivity contribution in [1.29, 1.82) is 0 Å². The van der Waals surface area contributed by atoms with Crippen LogP contribution in [0.15, 0.2) is 54.6 Å². The number of anilines is 2. The minimum Gasteiger partial charge on any atom is -0.491 e. The Morgan fingerprint density at radius 3 is 2.50 bits per heavy atom. The van der Waals surface area contributed by atoms with E-state index >= 15 is 0 Å². The lowest BCUT2D eigenvalue weighted by Gasteiger charge is -2.19. The fourth-order valence-corrected chi connectivity index (χ4v) is 5.77. The number of amides is 1. The van der Waals surface area contributed by atoms with Crippen LogP contribution in [0.1, 0.15) is 22.3 Å². The summed E-state index contributed by atoms with van der Waals surface area (Å²) in [5.74, 6) is -0.529. The molecule has 1 heterocycles. The van der Waals surface area contributed by atoms with Gasteiger partial charge in [0.15, 0.2) is 0 Å². The highest BCUT2D eigenvalue weighted by Gasteiger charge is 2.30. The number of sulfonamides is 1. The predicted molar refractivity (Wildman–Crippen MR) is 139 cm³/mol. The van der Waals surface area contributed by atoms with E-state index in [4.69, 9.17) is 21.1 Å². The van der Waals surface area contributed by atoms with E-state index in [0.717, 1.165) is 21.5 Å². The van der Waals surface area contributed by atoms with E-state index in [1.807, 2.05) is 24.3 Å². The van der Waals surface area contributed by atoms with Crippen molar-refractivity contribution < 1.29 is 27.1 Å². The second-order valence-electron chi connectivity index (χ2n) is 8.39. The number of nitrogens with one attached hydrogen (secondary N) is 1. The van der Waals surface area contributed by atoms with Crippen LogP contribution < -0.4 is 14.4 Å². The minimum absolute atomic E-state index is 0.00439. The van der Waals surface area contributed by atoms with E-state index < -0.39 is 21.7 Å². The molecule has 0 atom stereocenters. The number of carbonyl (C=O) groups excluding carboxylic acids is 1. The van der Waals surface area contributed by atoms with Crippen LogP contribution in [-0.2, 0) is 14.8 Å². The quantitative estimate of drug-likeness (QED) is 0.399. The number of hydrogen-bond acceptors (Lipinski definition) is 5. The Morgan fingerprint density at radius 1 is 1.08 bits per heavy atom. The van der Waals surface area contributed by atoms with E-state index in [-0.39, 0.29) is 29.1 Å². The van der Waals surface area contributed by atoms with Gasteiger partial charge in [-0.2, -0.15) is 0 Å². The molecular formula is C26H26ClFN2O5S. The summed E-state index contributed by atoms with van der Waals surface area (Å²) in [5, 5.41) is 3.17. The average Bonchev–Trinajstić information content (AvgIpc) is 3.19. The Balaban J connectivity index is 1.57. The van der Waals surface area contributed by atoms with Crippen molar-refractivity contribution in [3.63, 3.8) is 0 Å². The Morgan fingerprint density at radius 2 is 1.83 bits per heavy atom. The molecule has 0 saturated carbocycles. The highest BCUT2D eigenvalue weighted by molar-refractivity contribution is 7.93. The monoisotopic (exact) mass is 532 g/mol. The predicted octanol–water partition coefficient (Wildman–Crippen LogP) is 5.27. The normalized spacial score (nSPS) is 14.6. The highest BCUT2D eigenvalue weighted by Crippen LogP contribution is 2.31. The van der Waals surface area contributed by atoms with E-state index in [2.05, 4.69) is 5.32 Å². The molecule has 1 amide bonds. The number of hydrogen-bond donors (Lipinski definition) is 1. The van der Waals surface area contributed by atoms with Crippen LogP contribution in [0.5, 0.6) is 5.75 Å². The van der Waals surface area contributed by atoms with E-state index in [1.165, 1.54) is 13.0 Å². The number of benzene rings is 3. The molecule has 1 N–H and O–H groups in total. The summed E-state index contributed by atoms with van der Waals surface area (Å²) in [6.45, 7) is 2.65. The van der Waals surface area contributed by atoms with Gasteiger partial charge in [-0.3, -0.25) is 9.10 Å². The topological polar surface area (TPSA) is 84.9 Å². The molecule has 190 valence electrons. The maximum absolute atomic E-state index is 14.7. The van der Waals surface area contributed by atoms with Crippen LogP contribution in [0.2, 0.25) is 5.02 Å². The lowest BCUT2D eigenvalue weighted by molar-refractivity contribution is 0.102. The Bertz CT molecular complexity index is 1380. The zero-order chi connectivity index (χ0) is 25.9. The van der Waals surface area contributed by atoms with E-state index in [0.29, 0.717) is 36.1 Å². The third-order valence-corrected chi connectivity index (χ3v) is 7.95. The van der Waals surface area contributed by atoms with Crippen LogP contribution in [0.4, 0.5) is 15.8 Å². The Kier molecular flexibility index (Phi) is 7.82. The van der Waals surface area contributed by atoms with Gasteiger partial charge in [-0.25, -0.2) is 12.8 Å². The molecule has 3 aromatic rings. The SMILES string of the molecule is COCCOc1ccc(-c2cc(Cl)cc(NC(=O)c3cc(N4CCCS4(=O)=O)cc(F)c3C)c2)cc1. The number of ether oxygens (including phenoxy) is 2. The molecule has 0 unspecified atom stereocenters. The zero-order valence-corrected chi connectivity index (χ0v) is 21.5. The van der Waals surface area contributed by atoms with Crippen molar-refractivity contribution in [2.24, 2.45) is 0 Å². The molecule has 0 spiro atoms. The fraction of sp³-hybridized carbons (Fsp3) is 0.269. The van der Waals surface area contributed by atoms with Crippen LogP contribution >= 0.6 is 11.6 Å². The maximum Gasteiger partial charge on any atom is 0.256 e. The maximum atomic E-state index is 14.7. The molecule has 1 aliphatic rings. The van der Waals surface area contributed by atoms with Gasteiger partial charge < -0.3 is 14.8 Å². The van der Waals surface area contributed by atoms with Gasteiger partial charge in [0, 0.05) is 29.9 Å². The van der Waals surface area contributed by atoms with Crippen molar-refractivity contribution in [2.75, 3.05) is 42.2 Å². The zero-order valence-electron chi connectivity index (χ0n) is 19.9. The first kappa shape index (κ1) is 25.9. The number of methoxy groups -OCH3 is 1. The number of halogens is 2. The van der Waals surface area contributed by atoms with Crippen molar-refractivity contribution in [2.45, 2.75) is 13.3 Å². The highest BCUT2D eigenvalue weighted by atomic mass is 35.5. The molecule has 7 nitrogen and oxygen atoms in total. The minimum atomic E-state index is -3.52. The van der Waals surface area contributed by atoms with Gasteiger partial charge in [-0.15, -0.1) is 0 Å². The van der Waals surface area contributed by atoms with Gasteiger partial charge in [-0.05, 0) is 72.5 Å². The summed E-state index contributed by atoms with van der Waals surface area (Å²) in [5.41, 5.74) is 2.35. The fourth-order valence-electron chi connectivity index (χ4n) is 3.99. The van der Waals surface area contributed by atoms with Crippen LogP contribution in [0, 0.1) is 12.7 Å². The molecule has 1 fully saturated rings. The van der Waals surface area contributed by atoms with Crippen LogP contribution in [-0.4, -0.2) is 46.9 Å². The number of rotatable bonds is 8. The first-order valence-electron chi connectivity index (χ1n) is 11.3. The molecule has 10 heteroatoms. The summed E-state index contributed by atoms with van der Waals surface area (Å²) in [7, 11) is -1.91.